The highest BCUT2D eigenvalue weighted by Crippen LogP contribution is 2.33. The van der Waals surface area contributed by atoms with Crippen LogP contribution in [0.2, 0.25) is 0 Å². The van der Waals surface area contributed by atoms with Crippen molar-refractivity contribution < 1.29 is 21.6 Å². The second-order valence-electron chi connectivity index (χ2n) is 6.89. The molecule has 0 bridgehead atoms. The first-order valence-electron chi connectivity index (χ1n) is 9.03. The Bertz CT molecular complexity index is 1200. The Kier molecular flexibility index (Phi) is 4.99. The fourth-order valence-corrected chi connectivity index (χ4v) is 4.75. The molecule has 4 rings (SSSR count). The smallest absolute Gasteiger partial charge is 0.368 e. The number of rotatable bonds is 3. The minimum atomic E-state index is -4.45. The van der Waals surface area contributed by atoms with E-state index in [0.717, 1.165) is 17.7 Å². The third-order valence-corrected chi connectivity index (χ3v) is 6.80. The topological polar surface area (TPSA) is 89.2 Å². The van der Waals surface area contributed by atoms with E-state index in [-0.39, 0.29) is 23.9 Å². The van der Waals surface area contributed by atoms with E-state index in [4.69, 9.17) is 5.73 Å². The molecule has 30 heavy (non-hydrogen) atoms. The molecule has 2 N–H and O–H groups in total. The van der Waals surface area contributed by atoms with Gasteiger partial charge in [0.05, 0.1) is 22.7 Å². The van der Waals surface area contributed by atoms with Crippen LogP contribution in [0, 0.1) is 0 Å². The van der Waals surface area contributed by atoms with Crippen molar-refractivity contribution in [3.05, 3.63) is 71.5 Å². The first-order valence-corrected chi connectivity index (χ1v) is 10.5. The van der Waals surface area contributed by atoms with Crippen LogP contribution in [0.1, 0.15) is 16.8 Å². The van der Waals surface area contributed by atoms with Crippen LogP contribution >= 0.6 is 0 Å². The highest BCUT2D eigenvalue weighted by Gasteiger charge is 2.31. The van der Waals surface area contributed by atoms with Crippen LogP contribution in [-0.4, -0.2) is 29.2 Å². The van der Waals surface area contributed by atoms with Gasteiger partial charge < -0.3 is 5.73 Å². The van der Waals surface area contributed by atoms with Gasteiger partial charge in [-0.1, -0.05) is 24.3 Å². The van der Waals surface area contributed by atoms with Crippen molar-refractivity contribution in [2.24, 2.45) is 0 Å². The van der Waals surface area contributed by atoms with Crippen LogP contribution in [0.5, 0.6) is 0 Å². The molecule has 2 heterocycles. The Balaban J connectivity index is 1.60. The maximum atomic E-state index is 13.0. The summed E-state index contributed by atoms with van der Waals surface area (Å²) in [5.41, 5.74) is 7.11. The number of nitrogens with zero attached hydrogens (tertiary/aromatic N) is 3. The summed E-state index contributed by atoms with van der Waals surface area (Å²) in [5.74, 6) is 0.0819. The molecule has 1 aromatic heterocycles. The molecule has 0 fully saturated rings. The predicted octanol–water partition coefficient (Wildman–Crippen LogP) is 3.49. The van der Waals surface area contributed by atoms with Gasteiger partial charge in [-0.25, -0.2) is 18.4 Å². The number of anilines is 1. The number of nitrogen functional groups attached to an aromatic ring is 1. The fourth-order valence-electron chi connectivity index (χ4n) is 3.34. The van der Waals surface area contributed by atoms with Gasteiger partial charge in [0.25, 0.3) is 0 Å². The summed E-state index contributed by atoms with van der Waals surface area (Å²) < 4.78 is 66.2. The molecular weight excluding hydrogens is 417 g/mol. The molecule has 0 saturated carbocycles. The van der Waals surface area contributed by atoms with E-state index in [1.54, 1.807) is 12.3 Å². The normalized spacial score (nSPS) is 15.0. The van der Waals surface area contributed by atoms with E-state index in [9.17, 15) is 21.6 Å². The van der Waals surface area contributed by atoms with Gasteiger partial charge in [-0.2, -0.15) is 17.5 Å². The number of benzene rings is 2. The molecule has 0 amide bonds. The monoisotopic (exact) mass is 434 g/mol. The molecule has 0 radical (unpaired) electrons. The molecule has 0 aliphatic carbocycles. The summed E-state index contributed by atoms with van der Waals surface area (Å²) in [6.45, 7) is 0.359. The van der Waals surface area contributed by atoms with Crippen LogP contribution in [0.3, 0.4) is 0 Å². The van der Waals surface area contributed by atoms with E-state index in [1.807, 2.05) is 0 Å². The lowest BCUT2D eigenvalue weighted by molar-refractivity contribution is -0.137. The average Bonchev–Trinajstić information content (AvgIpc) is 2.73. The lowest BCUT2D eigenvalue weighted by Crippen LogP contribution is -2.36. The molecule has 1 aliphatic heterocycles. The van der Waals surface area contributed by atoms with Gasteiger partial charge in [0, 0.05) is 12.7 Å². The molecular formula is C20H17F3N4O2S. The first-order chi connectivity index (χ1) is 14.1. The Morgan fingerprint density at radius 3 is 2.47 bits per heavy atom. The molecule has 0 saturated heterocycles. The van der Waals surface area contributed by atoms with Gasteiger partial charge in [0.2, 0.25) is 16.0 Å². The van der Waals surface area contributed by atoms with Crippen LogP contribution in [0.25, 0.3) is 11.1 Å². The molecule has 0 atom stereocenters. The van der Waals surface area contributed by atoms with Crippen molar-refractivity contribution in [1.29, 1.82) is 0 Å². The van der Waals surface area contributed by atoms with Gasteiger partial charge in [-0.15, -0.1) is 0 Å². The number of fused-ring (bicyclic) bond motifs is 1. The Hall–Kier alpha value is -2.98. The minimum absolute atomic E-state index is 0.0590. The van der Waals surface area contributed by atoms with Gasteiger partial charge in [0.1, 0.15) is 0 Å². The molecule has 1 aliphatic rings. The third-order valence-electron chi connectivity index (χ3n) is 4.94. The molecule has 2 aromatic carbocycles. The lowest BCUT2D eigenvalue weighted by atomic mass is 10.0. The van der Waals surface area contributed by atoms with Crippen molar-refractivity contribution >= 4 is 16.0 Å². The van der Waals surface area contributed by atoms with Gasteiger partial charge in [-0.3, -0.25) is 0 Å². The number of halogens is 3. The summed E-state index contributed by atoms with van der Waals surface area (Å²) >= 11 is 0. The van der Waals surface area contributed by atoms with Crippen LogP contribution < -0.4 is 5.73 Å². The highest BCUT2D eigenvalue weighted by atomic mass is 32.2. The highest BCUT2D eigenvalue weighted by molar-refractivity contribution is 7.89. The fraction of sp³-hybridized carbons (Fsp3) is 0.200. The molecule has 0 spiro atoms. The zero-order chi connectivity index (χ0) is 21.5. The number of alkyl halides is 3. The van der Waals surface area contributed by atoms with Crippen LogP contribution in [0.4, 0.5) is 19.1 Å². The predicted molar refractivity (Wildman–Crippen MR) is 105 cm³/mol. The molecule has 0 unspecified atom stereocenters. The summed E-state index contributed by atoms with van der Waals surface area (Å²) in [6, 6.07) is 10.7. The number of sulfonamides is 1. The van der Waals surface area contributed by atoms with E-state index < -0.39 is 21.8 Å². The van der Waals surface area contributed by atoms with Crippen molar-refractivity contribution in [2.75, 3.05) is 12.3 Å². The van der Waals surface area contributed by atoms with Crippen molar-refractivity contribution in [2.45, 2.75) is 24.0 Å². The molecule has 6 nitrogen and oxygen atoms in total. The summed E-state index contributed by atoms with van der Waals surface area (Å²) in [4.78, 5) is 8.11. The van der Waals surface area contributed by atoms with Crippen molar-refractivity contribution in [3.63, 3.8) is 0 Å². The number of nitrogens with two attached hydrogens (primary N) is 1. The van der Waals surface area contributed by atoms with E-state index in [0.29, 0.717) is 23.2 Å². The Labute approximate surface area is 171 Å². The van der Waals surface area contributed by atoms with Gasteiger partial charge in [0.15, 0.2) is 0 Å². The zero-order valence-corrected chi connectivity index (χ0v) is 16.4. The largest absolute Gasteiger partial charge is 0.416 e. The van der Waals surface area contributed by atoms with Crippen molar-refractivity contribution in [1.82, 2.24) is 14.3 Å². The average molecular weight is 434 g/mol. The lowest BCUT2D eigenvalue weighted by Gasteiger charge is -2.27. The number of aromatic nitrogens is 2. The van der Waals surface area contributed by atoms with E-state index >= 15 is 0 Å². The van der Waals surface area contributed by atoms with Gasteiger partial charge in [-0.05, 0) is 47.4 Å². The second kappa shape index (κ2) is 7.37. The Morgan fingerprint density at radius 1 is 1.03 bits per heavy atom. The summed E-state index contributed by atoms with van der Waals surface area (Å²) in [6.07, 6.45) is -2.38. The number of hydrogen-bond acceptors (Lipinski definition) is 5. The molecule has 156 valence electrons. The van der Waals surface area contributed by atoms with Crippen LogP contribution in [0.15, 0.2) is 59.6 Å². The molecule has 3 aromatic rings. The van der Waals surface area contributed by atoms with E-state index in [1.165, 1.54) is 34.6 Å². The molecule has 10 heteroatoms. The van der Waals surface area contributed by atoms with Crippen molar-refractivity contribution in [3.8, 4) is 11.1 Å². The summed E-state index contributed by atoms with van der Waals surface area (Å²) in [7, 11) is -3.80. The maximum absolute atomic E-state index is 13.0. The second-order valence-corrected chi connectivity index (χ2v) is 8.83. The quantitative estimate of drug-likeness (QED) is 0.682. The summed E-state index contributed by atoms with van der Waals surface area (Å²) in [5, 5.41) is 0. The first kappa shape index (κ1) is 20.3. The standard InChI is InChI=1S/C20H17F3N4O2S/c21-20(22,23)16-3-1-2-14(10-16)13-4-6-17(7-5-13)30(28,29)27-9-8-15-11-25-19(24)26-18(15)12-27/h1-7,10-11H,8-9,12H2,(H2,24,25,26). The zero-order valence-electron chi connectivity index (χ0n) is 15.6. The Morgan fingerprint density at radius 2 is 1.77 bits per heavy atom. The maximum Gasteiger partial charge on any atom is 0.416 e. The number of hydrogen-bond donors (Lipinski definition) is 1. The minimum Gasteiger partial charge on any atom is -0.368 e. The van der Waals surface area contributed by atoms with Gasteiger partial charge >= 0.3 is 6.18 Å². The van der Waals surface area contributed by atoms with Crippen LogP contribution in [-0.2, 0) is 29.2 Å². The SMILES string of the molecule is Nc1ncc2c(n1)CN(S(=O)(=O)c1ccc(-c3cccc(C(F)(F)F)c3)cc1)CC2. The van der Waals surface area contributed by atoms with E-state index in [2.05, 4.69) is 9.97 Å². The third kappa shape index (κ3) is 3.88.